The van der Waals surface area contributed by atoms with Crippen LogP contribution < -0.4 is 0 Å². The molecule has 0 spiro atoms. The lowest BCUT2D eigenvalue weighted by Crippen LogP contribution is -2.32. The molecule has 0 amide bonds. The Morgan fingerprint density at radius 2 is 1.77 bits per heavy atom. The fourth-order valence-corrected chi connectivity index (χ4v) is 4.19. The van der Waals surface area contributed by atoms with E-state index in [9.17, 15) is 20.0 Å². The first-order valence-corrected chi connectivity index (χ1v) is 9.78. The second-order valence-electron chi connectivity index (χ2n) is 7.53. The van der Waals surface area contributed by atoms with Crippen molar-refractivity contribution in [2.24, 2.45) is 0 Å². The Morgan fingerprint density at radius 3 is 2.42 bits per heavy atom. The summed E-state index contributed by atoms with van der Waals surface area (Å²) < 4.78 is 0. The number of nitrogens with zero attached hydrogens (tertiary/aromatic N) is 3. The Bertz CT molecular complexity index is 1240. The van der Waals surface area contributed by atoms with Crippen LogP contribution in [0.2, 0.25) is 0 Å². The second kappa shape index (κ2) is 7.68. The van der Waals surface area contributed by atoms with Crippen LogP contribution in [-0.2, 0) is 4.79 Å². The van der Waals surface area contributed by atoms with Crippen LogP contribution in [0.25, 0.3) is 22.0 Å². The molecule has 0 saturated carbocycles. The van der Waals surface area contributed by atoms with Gasteiger partial charge in [0, 0.05) is 29.9 Å². The molecule has 0 radical (unpaired) electrons. The molecule has 156 valence electrons. The fourth-order valence-electron chi connectivity index (χ4n) is 4.19. The lowest BCUT2D eigenvalue weighted by Gasteiger charge is -2.32. The van der Waals surface area contributed by atoms with Crippen LogP contribution in [0.5, 0.6) is 0 Å². The van der Waals surface area contributed by atoms with Gasteiger partial charge in [-0.2, -0.15) is 0 Å². The van der Waals surface area contributed by atoms with E-state index >= 15 is 0 Å². The van der Waals surface area contributed by atoms with Gasteiger partial charge in [-0.1, -0.05) is 42.5 Å². The average molecular weight is 415 g/mol. The standard InChI is InChI=1S/C24H21N3O4/c1-14-21(24(28)29)22(23(27(30)31)15(2)26(14)3)18-10-7-11-20-19(18)12-17(13-25-20)16-8-5-4-6-9-16/h4-13,22H,1-3H3,(H,28,29). The molecule has 7 heteroatoms. The van der Waals surface area contributed by atoms with Gasteiger partial charge in [0.15, 0.2) is 0 Å². The molecule has 7 nitrogen and oxygen atoms in total. The van der Waals surface area contributed by atoms with E-state index in [-0.39, 0.29) is 11.3 Å². The molecular weight excluding hydrogens is 394 g/mol. The molecule has 0 bridgehead atoms. The molecule has 1 N–H and O–H groups in total. The van der Waals surface area contributed by atoms with Crippen molar-refractivity contribution in [3.63, 3.8) is 0 Å². The summed E-state index contributed by atoms with van der Waals surface area (Å²) in [5, 5.41) is 22.8. The number of aromatic nitrogens is 1. The molecule has 0 saturated heterocycles. The summed E-state index contributed by atoms with van der Waals surface area (Å²) in [6, 6.07) is 16.9. The molecule has 3 aromatic rings. The minimum absolute atomic E-state index is 0.00239. The predicted molar refractivity (Wildman–Crippen MR) is 118 cm³/mol. The lowest BCUT2D eigenvalue weighted by atomic mass is 9.81. The van der Waals surface area contributed by atoms with E-state index in [0.29, 0.717) is 27.9 Å². The van der Waals surface area contributed by atoms with Gasteiger partial charge >= 0.3 is 5.97 Å². The van der Waals surface area contributed by atoms with E-state index in [4.69, 9.17) is 0 Å². The number of benzene rings is 2. The number of rotatable bonds is 4. The molecule has 4 rings (SSSR count). The zero-order valence-electron chi connectivity index (χ0n) is 17.4. The zero-order valence-corrected chi connectivity index (χ0v) is 17.4. The van der Waals surface area contributed by atoms with Crippen LogP contribution in [0.4, 0.5) is 0 Å². The summed E-state index contributed by atoms with van der Waals surface area (Å²) in [6.45, 7) is 3.32. The molecule has 1 aliphatic heterocycles. The number of allylic oxidation sites excluding steroid dienone is 3. The maximum absolute atomic E-state index is 12.2. The topological polar surface area (TPSA) is 96.6 Å². The largest absolute Gasteiger partial charge is 0.478 e. The van der Waals surface area contributed by atoms with Gasteiger partial charge in [-0.25, -0.2) is 4.79 Å². The molecule has 31 heavy (non-hydrogen) atoms. The van der Waals surface area contributed by atoms with Crippen molar-refractivity contribution >= 4 is 16.9 Å². The van der Waals surface area contributed by atoms with Crippen molar-refractivity contribution in [2.45, 2.75) is 19.8 Å². The monoisotopic (exact) mass is 415 g/mol. The van der Waals surface area contributed by atoms with Crippen molar-refractivity contribution in [1.82, 2.24) is 9.88 Å². The number of nitro groups is 1. The molecule has 0 aliphatic carbocycles. The number of carboxylic acid groups (broad SMARTS) is 1. The highest BCUT2D eigenvalue weighted by Gasteiger charge is 2.42. The van der Waals surface area contributed by atoms with Crippen molar-refractivity contribution in [3.8, 4) is 11.1 Å². The van der Waals surface area contributed by atoms with Gasteiger partial charge in [0.1, 0.15) is 5.92 Å². The Morgan fingerprint density at radius 1 is 1.06 bits per heavy atom. The molecular formula is C24H21N3O4. The number of pyridine rings is 1. The Labute approximate surface area is 179 Å². The summed E-state index contributed by atoms with van der Waals surface area (Å²) in [6.07, 6.45) is 1.75. The number of hydrogen-bond donors (Lipinski definition) is 1. The third-order valence-electron chi connectivity index (χ3n) is 5.93. The van der Waals surface area contributed by atoms with Gasteiger partial charge in [-0.05, 0) is 37.1 Å². The van der Waals surface area contributed by atoms with Crippen LogP contribution in [0.1, 0.15) is 25.3 Å². The number of carboxylic acids is 1. The quantitative estimate of drug-likeness (QED) is 0.486. The fraction of sp³-hybridized carbons (Fsp3) is 0.167. The highest BCUT2D eigenvalue weighted by Crippen LogP contribution is 2.43. The first kappa shape index (κ1) is 20.3. The second-order valence-corrected chi connectivity index (χ2v) is 7.53. The summed E-state index contributed by atoms with van der Waals surface area (Å²) >= 11 is 0. The van der Waals surface area contributed by atoms with Gasteiger partial charge in [-0.3, -0.25) is 15.1 Å². The summed E-state index contributed by atoms with van der Waals surface area (Å²) in [7, 11) is 1.64. The summed E-state index contributed by atoms with van der Waals surface area (Å²) in [5.41, 5.74) is 3.78. The molecule has 2 heterocycles. The van der Waals surface area contributed by atoms with E-state index in [1.165, 1.54) is 0 Å². The smallest absolute Gasteiger partial charge is 0.334 e. The highest BCUT2D eigenvalue weighted by atomic mass is 16.6. The SMILES string of the molecule is CC1=C(C(=O)O)C(c2cccc3ncc(-c4ccccc4)cc23)C([N+](=O)[O-])=C(C)N1C. The van der Waals surface area contributed by atoms with Gasteiger partial charge in [-0.15, -0.1) is 0 Å². The van der Waals surface area contributed by atoms with E-state index in [0.717, 1.165) is 11.1 Å². The van der Waals surface area contributed by atoms with Crippen molar-refractivity contribution in [2.75, 3.05) is 7.05 Å². The van der Waals surface area contributed by atoms with Crippen molar-refractivity contribution in [3.05, 3.63) is 99.1 Å². The summed E-state index contributed by atoms with van der Waals surface area (Å²) in [5.74, 6) is -2.19. The van der Waals surface area contributed by atoms with Crippen LogP contribution in [0, 0.1) is 10.1 Å². The Kier molecular flexibility index (Phi) is 5.02. The average Bonchev–Trinajstić information content (AvgIpc) is 2.76. The molecule has 1 unspecified atom stereocenters. The summed E-state index contributed by atoms with van der Waals surface area (Å²) in [4.78, 5) is 30.0. The van der Waals surface area contributed by atoms with Crippen molar-refractivity contribution in [1.29, 1.82) is 0 Å². The van der Waals surface area contributed by atoms with Crippen LogP contribution >= 0.6 is 0 Å². The minimum atomic E-state index is -1.18. The first-order valence-electron chi connectivity index (χ1n) is 9.78. The molecule has 2 aromatic carbocycles. The molecule has 1 aromatic heterocycles. The third-order valence-corrected chi connectivity index (χ3v) is 5.93. The van der Waals surface area contributed by atoms with Gasteiger partial charge in [0.25, 0.3) is 5.70 Å². The Balaban J connectivity index is 2.03. The maximum atomic E-state index is 12.2. The van der Waals surface area contributed by atoms with E-state index in [1.54, 1.807) is 44.1 Å². The highest BCUT2D eigenvalue weighted by molar-refractivity contribution is 5.94. The zero-order chi connectivity index (χ0) is 22.3. The number of carbonyl (C=O) groups is 1. The van der Waals surface area contributed by atoms with Crippen molar-refractivity contribution < 1.29 is 14.8 Å². The molecule has 1 aliphatic rings. The molecule has 0 fully saturated rings. The van der Waals surface area contributed by atoms with Gasteiger partial charge in [0.05, 0.1) is 21.7 Å². The third kappa shape index (κ3) is 3.34. The predicted octanol–water partition coefficient (Wildman–Crippen LogP) is 4.80. The lowest BCUT2D eigenvalue weighted by molar-refractivity contribution is -0.431. The van der Waals surface area contributed by atoms with Crippen LogP contribution in [0.3, 0.4) is 0 Å². The number of aliphatic carboxylic acids is 1. The van der Waals surface area contributed by atoms with Crippen LogP contribution in [-0.4, -0.2) is 32.9 Å². The maximum Gasteiger partial charge on any atom is 0.334 e. The first-order chi connectivity index (χ1) is 14.8. The normalized spacial score (nSPS) is 16.7. The van der Waals surface area contributed by atoms with Crippen LogP contribution in [0.15, 0.2) is 83.5 Å². The van der Waals surface area contributed by atoms with Gasteiger partial charge < -0.3 is 10.0 Å². The molecule has 1 atom stereocenters. The van der Waals surface area contributed by atoms with E-state index in [2.05, 4.69) is 4.98 Å². The Hall–Kier alpha value is -4.00. The minimum Gasteiger partial charge on any atom is -0.478 e. The van der Waals surface area contributed by atoms with Gasteiger partial charge in [0.2, 0.25) is 0 Å². The number of fused-ring (bicyclic) bond motifs is 1. The van der Waals surface area contributed by atoms with E-state index < -0.39 is 16.8 Å². The number of hydrogen-bond acceptors (Lipinski definition) is 5. The van der Waals surface area contributed by atoms with E-state index in [1.807, 2.05) is 42.5 Å².